The largest absolute Gasteiger partial charge is 0.306 e. The van der Waals surface area contributed by atoms with Crippen LogP contribution in [0.15, 0.2) is 66.7 Å². The van der Waals surface area contributed by atoms with Crippen LogP contribution in [0.2, 0.25) is 5.02 Å². The fraction of sp³-hybridized carbons (Fsp3) is 0.0800. The van der Waals surface area contributed by atoms with E-state index in [-0.39, 0.29) is 34.5 Å². The maximum Gasteiger partial charge on any atom is 0.277 e. The highest BCUT2D eigenvalue weighted by molar-refractivity contribution is 6.31. The van der Waals surface area contributed by atoms with Crippen molar-refractivity contribution in [3.8, 4) is 5.95 Å². The van der Waals surface area contributed by atoms with Gasteiger partial charge in [-0.2, -0.15) is 9.78 Å². The van der Waals surface area contributed by atoms with Crippen molar-refractivity contribution in [3.05, 3.63) is 115 Å². The highest BCUT2D eigenvalue weighted by Gasteiger charge is 2.23. The van der Waals surface area contributed by atoms with Crippen LogP contribution in [-0.2, 0) is 6.54 Å². The van der Waals surface area contributed by atoms with Gasteiger partial charge in [0.15, 0.2) is 0 Å². The normalized spacial score (nSPS) is 11.1. The number of benzene rings is 3. The predicted octanol–water partition coefficient (Wildman–Crippen LogP) is 5.44. The molecule has 0 atom stereocenters. The summed E-state index contributed by atoms with van der Waals surface area (Å²) in [6, 6.07) is 15.7. The molecule has 39 heavy (non-hydrogen) atoms. The second-order valence-electron chi connectivity index (χ2n) is 8.48. The van der Waals surface area contributed by atoms with Gasteiger partial charge in [-0.25, -0.2) is 9.37 Å². The third kappa shape index (κ3) is 4.90. The molecule has 0 aliphatic heterocycles. The molecule has 0 aliphatic rings. The van der Waals surface area contributed by atoms with Gasteiger partial charge in [0.1, 0.15) is 11.6 Å². The summed E-state index contributed by atoms with van der Waals surface area (Å²) in [5.74, 6) is -1.00. The van der Waals surface area contributed by atoms with Crippen molar-refractivity contribution >= 4 is 45.7 Å². The zero-order valence-corrected chi connectivity index (χ0v) is 20.8. The number of nitrogens with one attached hydrogen (secondary N) is 1. The van der Waals surface area contributed by atoms with Gasteiger partial charge in [0.25, 0.3) is 17.3 Å². The highest BCUT2D eigenvalue weighted by atomic mass is 35.5. The maximum absolute atomic E-state index is 14.7. The molecule has 5 aromatic rings. The summed E-state index contributed by atoms with van der Waals surface area (Å²) < 4.78 is 17.7. The molecule has 0 spiro atoms. The zero-order chi connectivity index (χ0) is 27.8. The molecule has 5 rings (SSSR count). The molecule has 3 aromatic carbocycles. The van der Waals surface area contributed by atoms with E-state index in [4.69, 9.17) is 11.6 Å². The summed E-state index contributed by atoms with van der Waals surface area (Å²) in [7, 11) is 0. The lowest BCUT2D eigenvalue weighted by Crippen LogP contribution is -2.18. The maximum atomic E-state index is 14.7. The van der Waals surface area contributed by atoms with Gasteiger partial charge in [-0.1, -0.05) is 29.8 Å². The summed E-state index contributed by atoms with van der Waals surface area (Å²) >= 11 is 6.29. The first-order chi connectivity index (χ1) is 18.6. The minimum Gasteiger partial charge on any atom is -0.306 e. The number of para-hydroxylation sites is 2. The van der Waals surface area contributed by atoms with Crippen LogP contribution in [0.5, 0.6) is 0 Å². The van der Waals surface area contributed by atoms with Crippen molar-refractivity contribution < 1.29 is 19.0 Å². The Balaban J connectivity index is 1.60. The molecule has 196 valence electrons. The van der Waals surface area contributed by atoms with Crippen LogP contribution in [0.4, 0.5) is 21.6 Å². The van der Waals surface area contributed by atoms with Crippen LogP contribution in [0.25, 0.3) is 17.0 Å². The molecule has 1 N–H and O–H groups in total. The summed E-state index contributed by atoms with van der Waals surface area (Å²) in [5.41, 5.74) is 0.407. The zero-order valence-electron chi connectivity index (χ0n) is 20.0. The van der Waals surface area contributed by atoms with E-state index in [9.17, 15) is 29.4 Å². The number of amides is 1. The van der Waals surface area contributed by atoms with Crippen molar-refractivity contribution in [3.63, 3.8) is 0 Å². The van der Waals surface area contributed by atoms with Gasteiger partial charge in [-0.15, -0.1) is 0 Å². The Morgan fingerprint density at radius 3 is 2.38 bits per heavy atom. The number of nitro groups is 2. The quantitative estimate of drug-likeness (QED) is 0.209. The average molecular weight is 550 g/mol. The molecule has 0 bridgehead atoms. The van der Waals surface area contributed by atoms with Gasteiger partial charge >= 0.3 is 0 Å². The SMILES string of the molecule is Cc1cc(NC(=O)c2cc([N+](=O)[O-])cc([N+](=O)[O-])c2)n(-c2nc3ccccc3n2Cc2c(F)cccc2Cl)n1. The van der Waals surface area contributed by atoms with Gasteiger partial charge in [0, 0.05) is 28.8 Å². The van der Waals surface area contributed by atoms with Crippen LogP contribution in [0.3, 0.4) is 0 Å². The number of halogens is 2. The van der Waals surface area contributed by atoms with Crippen molar-refractivity contribution in [2.45, 2.75) is 13.5 Å². The molecule has 0 aliphatic carbocycles. The molecule has 14 heteroatoms. The number of hydrogen-bond donors (Lipinski definition) is 1. The smallest absolute Gasteiger partial charge is 0.277 e. The molecule has 0 unspecified atom stereocenters. The third-order valence-electron chi connectivity index (χ3n) is 5.86. The van der Waals surface area contributed by atoms with Crippen molar-refractivity contribution in [1.29, 1.82) is 0 Å². The number of nitro benzene ring substituents is 2. The van der Waals surface area contributed by atoms with E-state index in [0.717, 1.165) is 18.2 Å². The van der Waals surface area contributed by atoms with Gasteiger partial charge < -0.3 is 9.88 Å². The topological polar surface area (TPSA) is 151 Å². The highest BCUT2D eigenvalue weighted by Crippen LogP contribution is 2.28. The minimum atomic E-state index is -0.845. The first-order valence-corrected chi connectivity index (χ1v) is 11.7. The number of non-ortho nitro benzene ring substituents is 2. The molecule has 0 fully saturated rings. The van der Waals surface area contributed by atoms with E-state index in [2.05, 4.69) is 15.4 Å². The molecule has 12 nitrogen and oxygen atoms in total. The Kier molecular flexibility index (Phi) is 6.50. The molecular formula is C25H17ClFN7O5. The second kappa shape index (κ2) is 9.95. The number of fused-ring (bicyclic) bond motifs is 1. The molecule has 2 aromatic heterocycles. The lowest BCUT2D eigenvalue weighted by molar-refractivity contribution is -0.394. The number of anilines is 1. The van der Waals surface area contributed by atoms with Crippen LogP contribution in [-0.4, -0.2) is 35.1 Å². The van der Waals surface area contributed by atoms with Crippen molar-refractivity contribution in [2.24, 2.45) is 0 Å². The van der Waals surface area contributed by atoms with E-state index in [1.165, 1.54) is 22.9 Å². The van der Waals surface area contributed by atoms with Crippen LogP contribution < -0.4 is 5.32 Å². The number of carbonyl (C=O) groups excluding carboxylic acids is 1. The van der Waals surface area contributed by atoms with Crippen LogP contribution in [0, 0.1) is 33.0 Å². The number of aryl methyl sites for hydroxylation is 1. The average Bonchev–Trinajstić information content (AvgIpc) is 3.45. The molecular weight excluding hydrogens is 533 g/mol. The number of hydrogen-bond acceptors (Lipinski definition) is 7. The van der Waals surface area contributed by atoms with E-state index in [0.29, 0.717) is 16.7 Å². The lowest BCUT2D eigenvalue weighted by atomic mass is 10.1. The van der Waals surface area contributed by atoms with Crippen LogP contribution in [0.1, 0.15) is 21.6 Å². The number of imidazole rings is 1. The molecule has 0 radical (unpaired) electrons. The van der Waals surface area contributed by atoms with Gasteiger partial charge in [0.2, 0.25) is 5.95 Å². The fourth-order valence-electron chi connectivity index (χ4n) is 4.09. The van der Waals surface area contributed by atoms with E-state index in [1.807, 2.05) is 0 Å². The first kappa shape index (κ1) is 25.5. The number of aromatic nitrogens is 4. The predicted molar refractivity (Wildman–Crippen MR) is 140 cm³/mol. The van der Waals surface area contributed by atoms with Crippen molar-refractivity contribution in [2.75, 3.05) is 5.32 Å². The summed E-state index contributed by atoms with van der Waals surface area (Å²) in [6.45, 7) is 1.66. The van der Waals surface area contributed by atoms with Crippen LogP contribution >= 0.6 is 11.6 Å². The summed E-state index contributed by atoms with van der Waals surface area (Å²) in [4.78, 5) is 38.6. The minimum absolute atomic E-state index is 0.00920. The molecule has 0 saturated carbocycles. The molecule has 2 heterocycles. The molecule has 0 saturated heterocycles. The fourth-order valence-corrected chi connectivity index (χ4v) is 4.31. The monoisotopic (exact) mass is 549 g/mol. The van der Waals surface area contributed by atoms with Gasteiger partial charge in [-0.05, 0) is 31.2 Å². The Morgan fingerprint density at radius 2 is 1.72 bits per heavy atom. The Bertz CT molecular complexity index is 1750. The Morgan fingerprint density at radius 1 is 1.03 bits per heavy atom. The van der Waals surface area contributed by atoms with Gasteiger partial charge in [0.05, 0.1) is 44.7 Å². The number of nitrogens with zero attached hydrogens (tertiary/aromatic N) is 6. The first-order valence-electron chi connectivity index (χ1n) is 11.3. The second-order valence-corrected chi connectivity index (χ2v) is 8.88. The lowest BCUT2D eigenvalue weighted by Gasteiger charge is -2.13. The van der Waals surface area contributed by atoms with E-state index >= 15 is 0 Å². The Labute approximate surface area is 223 Å². The Hall–Kier alpha value is -5.17. The van der Waals surface area contributed by atoms with E-state index < -0.39 is 32.9 Å². The standard InChI is InChI=1S/C25H17ClFN7O5/c1-14-9-23(29-24(35)15-10-16(33(36)37)12-17(11-15)34(38)39)32(30-14)25-28-21-7-2-3-8-22(21)31(25)13-18-19(26)5-4-6-20(18)27/h2-12H,13H2,1H3,(H,29,35). The number of rotatable bonds is 7. The number of carbonyl (C=O) groups is 1. The van der Waals surface area contributed by atoms with E-state index in [1.54, 1.807) is 41.8 Å². The summed E-state index contributed by atoms with van der Waals surface area (Å²) in [5, 5.41) is 29.8. The van der Waals surface area contributed by atoms with Gasteiger partial charge in [-0.3, -0.25) is 25.0 Å². The third-order valence-corrected chi connectivity index (χ3v) is 6.22. The summed E-state index contributed by atoms with van der Waals surface area (Å²) in [6.07, 6.45) is 0. The van der Waals surface area contributed by atoms with Crippen molar-refractivity contribution in [1.82, 2.24) is 19.3 Å². The molecule has 1 amide bonds.